The molecule has 0 aromatic carbocycles. The molecule has 0 aliphatic heterocycles. The summed E-state index contributed by atoms with van der Waals surface area (Å²) in [7, 11) is 0. The maximum absolute atomic E-state index is 5.61. The quantitative estimate of drug-likeness (QED) is 0.848. The van der Waals surface area contributed by atoms with Gasteiger partial charge in [0, 0.05) is 11.3 Å². The molecule has 0 spiro atoms. The van der Waals surface area contributed by atoms with Gasteiger partial charge in [-0.05, 0) is 37.7 Å². The first kappa shape index (κ1) is 11.6. The fraction of sp³-hybridized carbons (Fsp3) is 0.583. The largest absolute Gasteiger partial charge is 0.397 e. The van der Waals surface area contributed by atoms with E-state index in [1.54, 1.807) is 6.20 Å². The fourth-order valence-electron chi connectivity index (χ4n) is 2.19. The van der Waals surface area contributed by atoms with Crippen LogP contribution in [0.1, 0.15) is 25.7 Å². The minimum absolute atomic E-state index is 0.572. The minimum atomic E-state index is 0.572. The summed E-state index contributed by atoms with van der Waals surface area (Å²) in [6, 6.07) is 4.42. The van der Waals surface area contributed by atoms with Gasteiger partial charge in [0.05, 0.1) is 11.9 Å². The lowest BCUT2D eigenvalue weighted by Gasteiger charge is -2.29. The maximum Gasteiger partial charge on any atom is 0.126 e. The van der Waals surface area contributed by atoms with Gasteiger partial charge in [0.25, 0.3) is 0 Å². The fourth-order valence-corrected chi connectivity index (χ4v) is 3.02. The van der Waals surface area contributed by atoms with Gasteiger partial charge in [-0.1, -0.05) is 6.42 Å². The number of nitrogens with one attached hydrogen (secondary N) is 1. The Labute approximate surface area is 101 Å². The van der Waals surface area contributed by atoms with E-state index in [1.807, 2.05) is 23.9 Å². The van der Waals surface area contributed by atoms with Crippen LogP contribution in [0.5, 0.6) is 0 Å². The lowest BCUT2D eigenvalue weighted by Crippen LogP contribution is -2.28. The van der Waals surface area contributed by atoms with E-state index in [0.717, 1.165) is 16.8 Å². The number of aromatic nitrogens is 1. The topological polar surface area (TPSA) is 50.9 Å². The number of anilines is 2. The van der Waals surface area contributed by atoms with E-state index in [-0.39, 0.29) is 0 Å². The monoisotopic (exact) mass is 237 g/mol. The zero-order chi connectivity index (χ0) is 11.4. The van der Waals surface area contributed by atoms with Crippen molar-refractivity contribution >= 4 is 23.3 Å². The number of nitrogens with zero attached hydrogens (tertiary/aromatic N) is 1. The first-order valence-electron chi connectivity index (χ1n) is 5.79. The summed E-state index contributed by atoms with van der Waals surface area (Å²) in [5, 5.41) is 4.30. The maximum atomic E-state index is 5.61. The van der Waals surface area contributed by atoms with Crippen molar-refractivity contribution in [2.24, 2.45) is 0 Å². The molecule has 1 aromatic rings. The summed E-state index contributed by atoms with van der Waals surface area (Å²) < 4.78 is 0. The molecule has 3 nitrogen and oxygen atoms in total. The third kappa shape index (κ3) is 3.04. The van der Waals surface area contributed by atoms with Crippen molar-refractivity contribution in [3.05, 3.63) is 18.3 Å². The summed E-state index contributed by atoms with van der Waals surface area (Å²) in [6.45, 7) is 0. The van der Waals surface area contributed by atoms with Gasteiger partial charge in [0.1, 0.15) is 5.82 Å². The van der Waals surface area contributed by atoms with E-state index >= 15 is 0 Å². The summed E-state index contributed by atoms with van der Waals surface area (Å²) >= 11 is 1.98. The van der Waals surface area contributed by atoms with E-state index < -0.39 is 0 Å². The molecular weight excluding hydrogens is 218 g/mol. The molecule has 1 heterocycles. The first-order chi connectivity index (χ1) is 7.78. The summed E-state index contributed by atoms with van der Waals surface area (Å²) in [6.07, 6.45) is 9.08. The SMILES string of the molecule is CSC1CCCC(Nc2ccc(N)cn2)C1. The van der Waals surface area contributed by atoms with Crippen LogP contribution in [0, 0.1) is 0 Å². The third-order valence-corrected chi connectivity index (χ3v) is 4.19. The van der Waals surface area contributed by atoms with Crippen molar-refractivity contribution in [2.75, 3.05) is 17.3 Å². The van der Waals surface area contributed by atoms with Gasteiger partial charge < -0.3 is 11.1 Å². The second kappa shape index (κ2) is 5.43. The van der Waals surface area contributed by atoms with Crippen LogP contribution in [-0.2, 0) is 0 Å². The average molecular weight is 237 g/mol. The molecule has 1 aromatic heterocycles. The molecule has 0 amide bonds. The van der Waals surface area contributed by atoms with E-state index in [1.165, 1.54) is 25.7 Å². The van der Waals surface area contributed by atoms with Crippen molar-refractivity contribution in [1.29, 1.82) is 0 Å². The molecule has 0 saturated heterocycles. The van der Waals surface area contributed by atoms with E-state index in [0.29, 0.717) is 6.04 Å². The highest BCUT2D eigenvalue weighted by atomic mass is 32.2. The Bertz CT molecular complexity index is 326. The van der Waals surface area contributed by atoms with E-state index in [9.17, 15) is 0 Å². The van der Waals surface area contributed by atoms with Crippen LogP contribution in [0.3, 0.4) is 0 Å². The molecule has 1 aliphatic carbocycles. The Hall–Kier alpha value is -0.900. The third-order valence-electron chi connectivity index (χ3n) is 3.10. The van der Waals surface area contributed by atoms with Crippen molar-refractivity contribution in [3.63, 3.8) is 0 Å². The van der Waals surface area contributed by atoms with Crippen molar-refractivity contribution < 1.29 is 0 Å². The molecule has 16 heavy (non-hydrogen) atoms. The van der Waals surface area contributed by atoms with Crippen LogP contribution >= 0.6 is 11.8 Å². The number of nitrogens with two attached hydrogens (primary N) is 1. The van der Waals surface area contributed by atoms with Crippen LogP contribution in [0.25, 0.3) is 0 Å². The van der Waals surface area contributed by atoms with Gasteiger partial charge in [-0.25, -0.2) is 4.98 Å². The zero-order valence-electron chi connectivity index (χ0n) is 9.65. The van der Waals surface area contributed by atoms with Gasteiger partial charge in [-0.15, -0.1) is 0 Å². The molecule has 88 valence electrons. The number of pyridine rings is 1. The molecular formula is C12H19N3S. The average Bonchev–Trinajstić information content (AvgIpc) is 2.32. The lowest BCUT2D eigenvalue weighted by atomic mass is 9.95. The molecule has 1 saturated carbocycles. The van der Waals surface area contributed by atoms with Crippen LogP contribution < -0.4 is 11.1 Å². The highest BCUT2D eigenvalue weighted by Gasteiger charge is 2.21. The molecule has 2 unspecified atom stereocenters. The highest BCUT2D eigenvalue weighted by Crippen LogP contribution is 2.28. The Morgan fingerprint density at radius 3 is 3.00 bits per heavy atom. The van der Waals surface area contributed by atoms with Gasteiger partial charge >= 0.3 is 0 Å². The van der Waals surface area contributed by atoms with Crippen LogP contribution in [0.15, 0.2) is 18.3 Å². The second-order valence-corrected chi connectivity index (χ2v) is 5.48. The molecule has 2 rings (SSSR count). The second-order valence-electron chi connectivity index (χ2n) is 4.34. The lowest BCUT2D eigenvalue weighted by molar-refractivity contribution is 0.473. The predicted molar refractivity (Wildman–Crippen MR) is 71.8 cm³/mol. The van der Waals surface area contributed by atoms with E-state index in [4.69, 9.17) is 5.73 Å². The van der Waals surface area contributed by atoms with Gasteiger partial charge in [0.15, 0.2) is 0 Å². The molecule has 4 heteroatoms. The molecule has 2 atom stereocenters. The van der Waals surface area contributed by atoms with Crippen molar-refractivity contribution in [3.8, 4) is 0 Å². The Morgan fingerprint density at radius 1 is 1.44 bits per heavy atom. The van der Waals surface area contributed by atoms with Crippen molar-refractivity contribution in [1.82, 2.24) is 4.98 Å². The van der Waals surface area contributed by atoms with Gasteiger partial charge in [0.2, 0.25) is 0 Å². The number of rotatable bonds is 3. The Morgan fingerprint density at radius 2 is 2.31 bits per heavy atom. The number of thioether (sulfide) groups is 1. The molecule has 0 bridgehead atoms. The normalized spacial score (nSPS) is 25.3. The van der Waals surface area contributed by atoms with Crippen molar-refractivity contribution in [2.45, 2.75) is 37.0 Å². The molecule has 1 aliphatic rings. The number of hydrogen-bond acceptors (Lipinski definition) is 4. The number of hydrogen-bond donors (Lipinski definition) is 2. The minimum Gasteiger partial charge on any atom is -0.397 e. The van der Waals surface area contributed by atoms with Crippen LogP contribution in [0.2, 0.25) is 0 Å². The first-order valence-corrected chi connectivity index (χ1v) is 7.07. The molecule has 0 radical (unpaired) electrons. The summed E-state index contributed by atoms with van der Waals surface area (Å²) in [5.74, 6) is 0.945. The molecule has 1 fully saturated rings. The zero-order valence-corrected chi connectivity index (χ0v) is 10.5. The Balaban J connectivity index is 1.91. The standard InChI is InChI=1S/C12H19N3S/c1-16-11-4-2-3-10(7-11)15-12-6-5-9(13)8-14-12/h5-6,8,10-11H,2-4,7,13H2,1H3,(H,14,15). The van der Waals surface area contributed by atoms with Crippen LogP contribution in [-0.4, -0.2) is 22.5 Å². The highest BCUT2D eigenvalue weighted by molar-refractivity contribution is 7.99. The smallest absolute Gasteiger partial charge is 0.126 e. The summed E-state index contributed by atoms with van der Waals surface area (Å²) in [4.78, 5) is 4.28. The van der Waals surface area contributed by atoms with Crippen LogP contribution in [0.4, 0.5) is 11.5 Å². The van der Waals surface area contributed by atoms with Gasteiger partial charge in [-0.3, -0.25) is 0 Å². The Kier molecular flexibility index (Phi) is 3.93. The molecule has 3 N–H and O–H groups in total. The van der Waals surface area contributed by atoms with E-state index in [2.05, 4.69) is 16.6 Å². The van der Waals surface area contributed by atoms with Gasteiger partial charge in [-0.2, -0.15) is 11.8 Å². The predicted octanol–water partition coefficient (Wildman–Crippen LogP) is 2.75. The summed E-state index contributed by atoms with van der Waals surface area (Å²) in [5.41, 5.74) is 6.33. The number of nitrogen functional groups attached to an aromatic ring is 1.